The van der Waals surface area contributed by atoms with E-state index in [1.54, 1.807) is 21.6 Å². The average molecular weight is 416 g/mol. The topological polar surface area (TPSA) is 129 Å². The van der Waals surface area contributed by atoms with Crippen molar-refractivity contribution in [3.63, 3.8) is 0 Å². The zero-order valence-corrected chi connectivity index (χ0v) is 16.7. The van der Waals surface area contributed by atoms with Gasteiger partial charge in [0.15, 0.2) is 0 Å². The number of ether oxygens (including phenoxy) is 2. The Morgan fingerprint density at radius 1 is 1.30 bits per heavy atom. The van der Waals surface area contributed by atoms with E-state index in [4.69, 9.17) is 15.2 Å². The molecule has 2 aliphatic rings. The summed E-state index contributed by atoms with van der Waals surface area (Å²) in [4.78, 5) is 30.4. The lowest BCUT2D eigenvalue weighted by Crippen LogP contribution is -2.53. The van der Waals surface area contributed by atoms with Gasteiger partial charge in [0.2, 0.25) is 0 Å². The van der Waals surface area contributed by atoms with Crippen LogP contribution in [0.2, 0.25) is 0 Å². The lowest BCUT2D eigenvalue weighted by Gasteiger charge is -2.37. The van der Waals surface area contributed by atoms with E-state index >= 15 is 0 Å². The molecule has 1 unspecified atom stereocenters. The minimum atomic E-state index is -0.530. The number of nitrogen functional groups attached to an aromatic ring is 1. The maximum Gasteiger partial charge on any atom is 0.415 e. The third kappa shape index (κ3) is 4.30. The van der Waals surface area contributed by atoms with Crippen molar-refractivity contribution >= 4 is 17.6 Å². The van der Waals surface area contributed by atoms with Crippen molar-refractivity contribution in [1.29, 1.82) is 0 Å². The number of nitro groups is 1. The summed E-state index contributed by atoms with van der Waals surface area (Å²) < 4.78 is 13.0. The molecule has 1 aromatic carbocycles. The van der Waals surface area contributed by atoms with Gasteiger partial charge in [-0.15, -0.1) is 0 Å². The van der Waals surface area contributed by atoms with Gasteiger partial charge in [0.05, 0.1) is 6.54 Å². The van der Waals surface area contributed by atoms with Crippen molar-refractivity contribution in [3.05, 3.63) is 46.1 Å². The summed E-state index contributed by atoms with van der Waals surface area (Å²) in [7, 11) is 0. The molecule has 0 spiro atoms. The summed E-state index contributed by atoms with van der Waals surface area (Å²) in [6, 6.07) is 7.50. The summed E-state index contributed by atoms with van der Waals surface area (Å²) in [5.74, 6) is -0.210. The molecule has 2 aliphatic heterocycles. The van der Waals surface area contributed by atoms with Crippen molar-refractivity contribution in [2.75, 3.05) is 38.5 Å². The van der Waals surface area contributed by atoms with Crippen molar-refractivity contribution in [2.45, 2.75) is 25.7 Å². The third-order valence-corrected chi connectivity index (χ3v) is 5.29. The van der Waals surface area contributed by atoms with Gasteiger partial charge in [0.25, 0.3) is 0 Å². The number of amides is 1. The smallest absolute Gasteiger partial charge is 0.415 e. The van der Waals surface area contributed by atoms with Crippen molar-refractivity contribution in [2.24, 2.45) is 0 Å². The number of aromatic nitrogens is 2. The van der Waals surface area contributed by atoms with E-state index in [1.165, 1.54) is 6.20 Å². The second kappa shape index (κ2) is 7.82. The molecule has 0 saturated carbocycles. The van der Waals surface area contributed by atoms with Crippen molar-refractivity contribution in [1.82, 2.24) is 19.4 Å². The summed E-state index contributed by atoms with van der Waals surface area (Å²) in [6.45, 7) is 5.81. The van der Waals surface area contributed by atoms with Crippen LogP contribution in [0.3, 0.4) is 0 Å². The molecule has 0 aliphatic carbocycles. The molecule has 0 bridgehead atoms. The highest BCUT2D eigenvalue weighted by molar-refractivity contribution is 5.67. The molecule has 4 rings (SSSR count). The quantitative estimate of drug-likeness (QED) is 0.441. The predicted octanol–water partition coefficient (Wildman–Crippen LogP) is 1.48. The number of piperazine rings is 1. The highest BCUT2D eigenvalue weighted by atomic mass is 16.6. The van der Waals surface area contributed by atoms with Crippen LogP contribution in [0.1, 0.15) is 12.5 Å². The fourth-order valence-corrected chi connectivity index (χ4v) is 3.78. The molecule has 1 aromatic heterocycles. The zero-order valence-electron chi connectivity index (χ0n) is 16.7. The fraction of sp³-hybridized carbons (Fsp3) is 0.474. The summed E-state index contributed by atoms with van der Waals surface area (Å²) >= 11 is 0. The van der Waals surface area contributed by atoms with Crippen molar-refractivity contribution in [3.8, 4) is 6.01 Å². The average Bonchev–Trinajstić information content (AvgIpc) is 3.23. The first-order valence-electron chi connectivity index (χ1n) is 9.70. The highest BCUT2D eigenvalue weighted by Crippen LogP contribution is 2.31. The minimum Gasteiger partial charge on any atom is -0.445 e. The number of carbonyl (C=O) groups is 1. The number of imidazole rings is 1. The summed E-state index contributed by atoms with van der Waals surface area (Å²) in [6.07, 6.45) is 1.07. The van der Waals surface area contributed by atoms with Gasteiger partial charge in [0, 0.05) is 43.4 Å². The number of hydrogen-bond donors (Lipinski definition) is 1. The second-order valence-electron chi connectivity index (χ2n) is 7.88. The Labute approximate surface area is 173 Å². The van der Waals surface area contributed by atoms with E-state index in [0.29, 0.717) is 45.0 Å². The second-order valence-corrected chi connectivity index (χ2v) is 7.88. The Morgan fingerprint density at radius 2 is 2.00 bits per heavy atom. The van der Waals surface area contributed by atoms with Crippen LogP contribution in [0.25, 0.3) is 0 Å². The minimum absolute atomic E-state index is 0.210. The molecular weight excluding hydrogens is 392 g/mol. The summed E-state index contributed by atoms with van der Waals surface area (Å²) in [5.41, 5.74) is 6.70. The molecular formula is C19H24N6O5. The van der Waals surface area contributed by atoms with Gasteiger partial charge >= 0.3 is 17.9 Å². The van der Waals surface area contributed by atoms with E-state index in [0.717, 1.165) is 5.56 Å². The van der Waals surface area contributed by atoms with Crippen molar-refractivity contribution < 1.29 is 19.2 Å². The molecule has 3 heterocycles. The number of rotatable bonds is 5. The fourth-order valence-electron chi connectivity index (χ4n) is 3.78. The van der Waals surface area contributed by atoms with E-state index in [9.17, 15) is 14.9 Å². The van der Waals surface area contributed by atoms with Crippen LogP contribution in [-0.2, 0) is 17.9 Å². The van der Waals surface area contributed by atoms with Crippen LogP contribution in [0.4, 0.5) is 16.3 Å². The lowest BCUT2D eigenvalue weighted by molar-refractivity contribution is -0.389. The molecule has 1 atom stereocenters. The number of fused-ring (bicyclic) bond motifs is 1. The maximum atomic E-state index is 12.3. The first-order chi connectivity index (χ1) is 14.3. The Balaban J connectivity index is 1.23. The molecule has 11 nitrogen and oxygen atoms in total. The van der Waals surface area contributed by atoms with Gasteiger partial charge in [-0.05, 0) is 29.5 Å². The van der Waals surface area contributed by atoms with E-state index < -0.39 is 10.5 Å². The molecule has 1 amide bonds. The Morgan fingerprint density at radius 3 is 2.63 bits per heavy atom. The van der Waals surface area contributed by atoms with Gasteiger partial charge < -0.3 is 30.2 Å². The number of nitrogens with zero attached hydrogens (tertiary/aromatic N) is 5. The van der Waals surface area contributed by atoms with Gasteiger partial charge in [-0.3, -0.25) is 9.47 Å². The van der Waals surface area contributed by atoms with E-state index in [-0.39, 0.29) is 24.5 Å². The number of carbonyl (C=O) groups excluding carboxylic acids is 1. The Bertz CT molecular complexity index is 912. The van der Waals surface area contributed by atoms with Gasteiger partial charge in [0.1, 0.15) is 18.4 Å². The number of hydrogen-bond acceptors (Lipinski definition) is 8. The normalized spacial score (nSPS) is 21.2. The largest absolute Gasteiger partial charge is 0.445 e. The molecule has 160 valence electrons. The third-order valence-electron chi connectivity index (χ3n) is 5.29. The first-order valence-corrected chi connectivity index (χ1v) is 9.70. The predicted molar refractivity (Wildman–Crippen MR) is 107 cm³/mol. The maximum absolute atomic E-state index is 12.3. The molecule has 1 fully saturated rings. The van der Waals surface area contributed by atoms with Gasteiger partial charge in [-0.25, -0.2) is 4.79 Å². The highest BCUT2D eigenvalue weighted by Gasteiger charge is 2.42. The molecule has 2 N–H and O–H groups in total. The van der Waals surface area contributed by atoms with Gasteiger partial charge in [-0.2, -0.15) is 0 Å². The van der Waals surface area contributed by atoms with Crippen LogP contribution in [0.5, 0.6) is 6.01 Å². The van der Waals surface area contributed by atoms with Crippen LogP contribution in [0.15, 0.2) is 30.5 Å². The SMILES string of the molecule is CC1(CN2CCN(C(=O)OCc3ccc(N)cc3)CC2)Cn2cc([N+](=O)[O-])nc2O1. The number of anilines is 1. The molecule has 1 saturated heterocycles. The monoisotopic (exact) mass is 416 g/mol. The Hall–Kier alpha value is -3.34. The lowest BCUT2D eigenvalue weighted by atomic mass is 10.1. The van der Waals surface area contributed by atoms with E-state index in [1.807, 2.05) is 19.1 Å². The van der Waals surface area contributed by atoms with Crippen LogP contribution in [-0.4, -0.2) is 68.7 Å². The van der Waals surface area contributed by atoms with E-state index in [2.05, 4.69) is 9.88 Å². The first kappa shape index (κ1) is 20.0. The molecule has 2 aromatic rings. The number of benzene rings is 1. The zero-order chi connectivity index (χ0) is 21.3. The molecule has 0 radical (unpaired) electrons. The van der Waals surface area contributed by atoms with Crippen LogP contribution < -0.4 is 10.5 Å². The Kier molecular flexibility index (Phi) is 5.20. The van der Waals surface area contributed by atoms with Gasteiger partial charge in [-0.1, -0.05) is 12.1 Å². The number of nitrogens with two attached hydrogens (primary N) is 1. The van der Waals surface area contributed by atoms with Crippen LogP contribution >= 0.6 is 0 Å². The molecule has 30 heavy (non-hydrogen) atoms. The summed E-state index contributed by atoms with van der Waals surface area (Å²) in [5, 5.41) is 10.8. The standard InChI is InChI=1S/C19H24N6O5/c1-19(13-24-10-16(25(27)28)21-17(24)30-19)12-22-6-8-23(9-7-22)18(26)29-11-14-2-4-15(20)5-3-14/h2-5,10H,6-9,11-13,20H2,1H3. The molecule has 11 heteroatoms. The van der Waals surface area contributed by atoms with Crippen LogP contribution in [0, 0.1) is 10.1 Å².